The van der Waals surface area contributed by atoms with Crippen molar-refractivity contribution in [1.82, 2.24) is 45.4 Å². The molecule has 20 nitrogen and oxygen atoms in total. The average molecular weight is 877 g/mol. The van der Waals surface area contributed by atoms with E-state index in [-0.39, 0.29) is 47.8 Å². The van der Waals surface area contributed by atoms with Gasteiger partial charge in [-0.2, -0.15) is 5.10 Å². The molecule has 0 bridgehead atoms. The van der Waals surface area contributed by atoms with Gasteiger partial charge in [0.1, 0.15) is 12.4 Å². The molecule has 6 amide bonds. The second-order valence-electron chi connectivity index (χ2n) is 16.6. The predicted octanol–water partition coefficient (Wildman–Crippen LogP) is 2.76. The van der Waals surface area contributed by atoms with Gasteiger partial charge in [-0.05, 0) is 87.4 Å². The van der Waals surface area contributed by atoms with Crippen LogP contribution in [0, 0.1) is 11.8 Å². The summed E-state index contributed by atoms with van der Waals surface area (Å²) in [7, 11) is 4.81. The van der Waals surface area contributed by atoms with Gasteiger partial charge in [0, 0.05) is 71.5 Å². The van der Waals surface area contributed by atoms with E-state index in [2.05, 4.69) is 51.3 Å². The number of amides is 6. The Morgan fingerprint density at radius 3 is 2.28 bits per heavy atom. The van der Waals surface area contributed by atoms with Gasteiger partial charge in [0.05, 0.1) is 35.2 Å². The Kier molecular flexibility index (Phi) is 13.2. The molecular formula is C44H52N12O8. The van der Waals surface area contributed by atoms with E-state index >= 15 is 0 Å². The number of likely N-dealkylation sites (tertiary alicyclic amines) is 1. The van der Waals surface area contributed by atoms with Crippen LogP contribution in [0.1, 0.15) is 76.2 Å². The highest BCUT2D eigenvalue weighted by molar-refractivity contribution is 6.23. The van der Waals surface area contributed by atoms with E-state index in [9.17, 15) is 28.8 Å². The Morgan fingerprint density at radius 1 is 0.859 bits per heavy atom. The SMILES string of the molecule is CNC(=O)c1nnc(NC(=O)CCN2CCC(COCC3CCN(c4ccc5c(c4)C(=O)N(C4CCC(=O)NC4=O)C5=O)CC3)CC2)cc1Nc1cccc(-c2ncn(C)n2)c1OC. The van der Waals surface area contributed by atoms with E-state index in [1.807, 2.05) is 18.2 Å². The van der Waals surface area contributed by atoms with Gasteiger partial charge in [-0.3, -0.25) is 43.7 Å². The molecule has 8 rings (SSSR count). The highest BCUT2D eigenvalue weighted by Gasteiger charge is 2.45. The molecule has 20 heteroatoms. The number of imide groups is 2. The molecule has 1 unspecified atom stereocenters. The zero-order valence-corrected chi connectivity index (χ0v) is 36.1. The van der Waals surface area contributed by atoms with Crippen molar-refractivity contribution in [1.29, 1.82) is 0 Å². The van der Waals surface area contributed by atoms with Gasteiger partial charge in [-0.15, -0.1) is 10.2 Å². The van der Waals surface area contributed by atoms with E-state index in [1.54, 1.807) is 42.3 Å². The second-order valence-corrected chi connectivity index (χ2v) is 16.6. The number of fused-ring (bicyclic) bond motifs is 1. The number of para-hydroxylation sites is 1. The summed E-state index contributed by atoms with van der Waals surface area (Å²) in [6, 6.07) is 11.3. The molecule has 4 aliphatic rings. The average Bonchev–Trinajstić information content (AvgIpc) is 3.84. The number of rotatable bonds is 15. The van der Waals surface area contributed by atoms with Gasteiger partial charge in [-0.1, -0.05) is 6.07 Å². The summed E-state index contributed by atoms with van der Waals surface area (Å²) < 4.78 is 13.6. The number of ether oxygens (including phenoxy) is 2. The lowest BCUT2D eigenvalue weighted by Crippen LogP contribution is -2.54. The lowest BCUT2D eigenvalue weighted by Gasteiger charge is -2.34. The van der Waals surface area contributed by atoms with E-state index in [1.165, 1.54) is 14.2 Å². The third-order valence-electron chi connectivity index (χ3n) is 12.3. The Morgan fingerprint density at radius 2 is 1.59 bits per heavy atom. The first-order valence-corrected chi connectivity index (χ1v) is 21.6. The van der Waals surface area contributed by atoms with Crippen molar-refractivity contribution in [3.8, 4) is 17.1 Å². The van der Waals surface area contributed by atoms with E-state index < -0.39 is 35.6 Å². The molecule has 1 atom stereocenters. The molecule has 6 heterocycles. The smallest absolute Gasteiger partial charge is 0.273 e. The molecule has 3 saturated heterocycles. The summed E-state index contributed by atoms with van der Waals surface area (Å²) in [6.45, 7) is 5.27. The summed E-state index contributed by atoms with van der Waals surface area (Å²) >= 11 is 0. The van der Waals surface area contributed by atoms with Crippen molar-refractivity contribution in [2.75, 3.05) is 75.6 Å². The monoisotopic (exact) mass is 876 g/mol. The van der Waals surface area contributed by atoms with Crippen molar-refractivity contribution in [2.24, 2.45) is 18.9 Å². The minimum Gasteiger partial charge on any atom is -0.494 e. The Bertz CT molecular complexity index is 2440. The molecule has 64 heavy (non-hydrogen) atoms. The summed E-state index contributed by atoms with van der Waals surface area (Å²) in [5, 5.41) is 23.5. The van der Waals surface area contributed by atoms with E-state index in [4.69, 9.17) is 9.47 Å². The predicted molar refractivity (Wildman–Crippen MR) is 233 cm³/mol. The molecule has 0 saturated carbocycles. The van der Waals surface area contributed by atoms with Crippen LogP contribution >= 0.6 is 0 Å². The summed E-state index contributed by atoms with van der Waals surface area (Å²) in [6.07, 6.45) is 5.87. The lowest BCUT2D eigenvalue weighted by atomic mass is 9.96. The third-order valence-corrected chi connectivity index (χ3v) is 12.3. The first kappa shape index (κ1) is 43.8. The molecule has 0 radical (unpaired) electrons. The molecule has 4 aliphatic heterocycles. The van der Waals surface area contributed by atoms with Crippen molar-refractivity contribution in [3.05, 3.63) is 65.6 Å². The van der Waals surface area contributed by atoms with Crippen LogP contribution in [0.2, 0.25) is 0 Å². The zero-order chi connectivity index (χ0) is 44.9. The number of carbonyl (C=O) groups excluding carboxylic acids is 6. The highest BCUT2D eigenvalue weighted by atomic mass is 16.5. The molecule has 4 aromatic rings. The van der Waals surface area contributed by atoms with Gasteiger partial charge in [0.15, 0.2) is 23.1 Å². The van der Waals surface area contributed by atoms with Crippen LogP contribution in [0.15, 0.2) is 48.8 Å². The van der Waals surface area contributed by atoms with Gasteiger partial charge in [-0.25, -0.2) is 4.98 Å². The summed E-state index contributed by atoms with van der Waals surface area (Å²) in [5.74, 6) is -0.724. The molecule has 336 valence electrons. The molecule has 4 N–H and O–H groups in total. The number of hydrogen-bond donors (Lipinski definition) is 4. The fourth-order valence-electron chi connectivity index (χ4n) is 8.73. The largest absolute Gasteiger partial charge is 0.494 e. The Balaban J connectivity index is 0.757. The minimum absolute atomic E-state index is 0.0379. The van der Waals surface area contributed by atoms with Crippen molar-refractivity contribution in [2.45, 2.75) is 51.0 Å². The van der Waals surface area contributed by atoms with Gasteiger partial charge in [0.25, 0.3) is 17.7 Å². The number of aryl methyl sites for hydroxylation is 1. The van der Waals surface area contributed by atoms with Crippen LogP contribution in [0.3, 0.4) is 0 Å². The number of benzene rings is 2. The number of methoxy groups -OCH3 is 1. The van der Waals surface area contributed by atoms with E-state index in [0.29, 0.717) is 60.1 Å². The lowest BCUT2D eigenvalue weighted by molar-refractivity contribution is -0.136. The first-order chi connectivity index (χ1) is 31.0. The summed E-state index contributed by atoms with van der Waals surface area (Å²) in [5.41, 5.74) is 2.97. The Labute approximate surface area is 369 Å². The molecule has 0 spiro atoms. The normalized spacial score (nSPS) is 18.5. The van der Waals surface area contributed by atoms with Crippen LogP contribution in [-0.2, 0) is 26.2 Å². The fourth-order valence-corrected chi connectivity index (χ4v) is 8.73. The third kappa shape index (κ3) is 9.57. The number of nitrogens with one attached hydrogen (secondary N) is 4. The van der Waals surface area contributed by atoms with Crippen molar-refractivity contribution >= 4 is 58.3 Å². The maximum absolute atomic E-state index is 13.3. The molecule has 0 aliphatic carbocycles. The van der Waals surface area contributed by atoms with Crippen molar-refractivity contribution < 1.29 is 38.2 Å². The number of nitrogens with zero attached hydrogens (tertiary/aromatic N) is 8. The van der Waals surface area contributed by atoms with Crippen LogP contribution in [-0.4, -0.2) is 136 Å². The van der Waals surface area contributed by atoms with Crippen LogP contribution in [0.25, 0.3) is 11.4 Å². The van der Waals surface area contributed by atoms with Gasteiger partial charge < -0.3 is 35.2 Å². The van der Waals surface area contributed by atoms with Crippen LogP contribution in [0.4, 0.5) is 22.9 Å². The summed E-state index contributed by atoms with van der Waals surface area (Å²) in [4.78, 5) is 86.1. The van der Waals surface area contributed by atoms with E-state index in [0.717, 1.165) is 62.4 Å². The minimum atomic E-state index is -0.987. The van der Waals surface area contributed by atoms with Crippen molar-refractivity contribution in [3.63, 3.8) is 0 Å². The fraction of sp³-hybridized carbons (Fsp3) is 0.455. The zero-order valence-electron chi connectivity index (χ0n) is 36.1. The molecule has 2 aromatic carbocycles. The molecule has 3 fully saturated rings. The standard InChI is InChI=1S/C44H52N12O8/c1-45-42(60)38-33(47-32-6-4-5-30(39(32)63-3)40-46-25-53(2)52-40)22-35(50-51-38)48-37(58)15-18-54-16-11-26(12-17-54)23-64-24-27-13-19-55(20-14-27)28-7-8-29-31(21-28)44(62)56(43(29)61)34-9-10-36(57)49-41(34)59/h4-8,21-22,25-27,34H,9-20,23-24H2,1-3H3,(H,45,60)(H,49,57,59)(H2,47,48,50,58). The second kappa shape index (κ2) is 19.3. The number of aromatic nitrogens is 5. The highest BCUT2D eigenvalue weighted by Crippen LogP contribution is 2.37. The van der Waals surface area contributed by atoms with Crippen LogP contribution in [0.5, 0.6) is 5.75 Å². The Hall–Kier alpha value is -6.80. The quantitative estimate of drug-likeness (QED) is 0.126. The van der Waals surface area contributed by atoms with Crippen LogP contribution < -0.4 is 30.9 Å². The maximum atomic E-state index is 13.3. The maximum Gasteiger partial charge on any atom is 0.273 e. The number of anilines is 4. The number of carbonyl (C=O) groups is 6. The molecular weight excluding hydrogens is 825 g/mol. The first-order valence-electron chi connectivity index (χ1n) is 21.6. The topological polar surface area (TPSA) is 235 Å². The number of hydrogen-bond acceptors (Lipinski definition) is 15. The molecule has 2 aromatic heterocycles. The number of piperidine rings is 3. The van der Waals surface area contributed by atoms with Gasteiger partial charge >= 0.3 is 0 Å². The van der Waals surface area contributed by atoms with Gasteiger partial charge in [0.2, 0.25) is 17.7 Å².